The summed E-state index contributed by atoms with van der Waals surface area (Å²) >= 11 is 0. The molecule has 0 aliphatic carbocycles. The summed E-state index contributed by atoms with van der Waals surface area (Å²) in [5.74, 6) is 0. The third kappa shape index (κ3) is 8.65. The molecule has 2 nitrogen and oxygen atoms in total. The average Bonchev–Trinajstić information content (AvgIpc) is 2.91. The summed E-state index contributed by atoms with van der Waals surface area (Å²) in [7, 11) is 0. The summed E-state index contributed by atoms with van der Waals surface area (Å²) in [6, 6.07) is 0.684. The Labute approximate surface area is 120 Å². The third-order valence-electron chi connectivity index (χ3n) is 4.22. The van der Waals surface area contributed by atoms with Gasteiger partial charge < -0.3 is 10.1 Å². The number of nitrogens with one attached hydrogen (secondary N) is 1. The van der Waals surface area contributed by atoms with Crippen LogP contribution in [0.2, 0.25) is 0 Å². The largest absolute Gasteiger partial charge is 0.378 e. The number of hydrogen-bond donors (Lipinski definition) is 1. The fourth-order valence-electron chi connectivity index (χ4n) is 3.09. The van der Waals surface area contributed by atoms with Crippen LogP contribution in [0.3, 0.4) is 0 Å². The van der Waals surface area contributed by atoms with Crippen LogP contribution < -0.4 is 5.32 Å². The Bertz CT molecular complexity index is 190. The van der Waals surface area contributed by atoms with E-state index in [2.05, 4.69) is 19.2 Å². The van der Waals surface area contributed by atoms with E-state index in [1.165, 1.54) is 70.6 Å². The highest BCUT2D eigenvalue weighted by atomic mass is 16.5. The summed E-state index contributed by atoms with van der Waals surface area (Å²) in [6.07, 6.45) is 15.5. The first-order valence-electron chi connectivity index (χ1n) is 8.71. The van der Waals surface area contributed by atoms with Gasteiger partial charge in [-0.1, -0.05) is 58.8 Å². The average molecular weight is 269 g/mol. The molecule has 2 unspecified atom stereocenters. The number of hydrogen-bond acceptors (Lipinski definition) is 2. The maximum absolute atomic E-state index is 5.76. The Hall–Kier alpha value is -0.0800. The fourth-order valence-corrected chi connectivity index (χ4v) is 3.09. The molecule has 0 aromatic rings. The number of rotatable bonds is 12. The minimum absolute atomic E-state index is 0.536. The van der Waals surface area contributed by atoms with Crippen LogP contribution >= 0.6 is 0 Å². The molecule has 2 heteroatoms. The van der Waals surface area contributed by atoms with E-state index in [4.69, 9.17) is 4.74 Å². The van der Waals surface area contributed by atoms with Crippen LogP contribution in [0.1, 0.15) is 84.5 Å². The van der Waals surface area contributed by atoms with Gasteiger partial charge in [0.15, 0.2) is 0 Å². The molecular weight excluding hydrogens is 234 g/mol. The molecule has 0 aromatic heterocycles. The van der Waals surface area contributed by atoms with Crippen LogP contribution in [0.15, 0.2) is 0 Å². The van der Waals surface area contributed by atoms with E-state index in [-0.39, 0.29) is 0 Å². The standard InChI is InChI=1S/C17H35NO/c1-3-5-6-7-8-9-10-12-16(18-4-2)15-17-13-11-14-19-17/h16-18H,3-15H2,1-2H3. The van der Waals surface area contributed by atoms with Crippen LogP contribution in [0.4, 0.5) is 0 Å². The minimum Gasteiger partial charge on any atom is -0.378 e. The third-order valence-corrected chi connectivity index (χ3v) is 4.22. The molecule has 1 N–H and O–H groups in total. The van der Waals surface area contributed by atoms with Crippen LogP contribution in [0.25, 0.3) is 0 Å². The molecule has 19 heavy (non-hydrogen) atoms. The lowest BCUT2D eigenvalue weighted by Gasteiger charge is -2.21. The first-order valence-corrected chi connectivity index (χ1v) is 8.71. The topological polar surface area (TPSA) is 21.3 Å². The monoisotopic (exact) mass is 269 g/mol. The molecule has 0 spiro atoms. The molecule has 1 fully saturated rings. The molecule has 2 atom stereocenters. The van der Waals surface area contributed by atoms with Gasteiger partial charge in [0.2, 0.25) is 0 Å². The second-order valence-corrected chi connectivity index (χ2v) is 6.04. The van der Waals surface area contributed by atoms with E-state index in [9.17, 15) is 0 Å². The highest BCUT2D eigenvalue weighted by molar-refractivity contribution is 4.74. The predicted octanol–water partition coefficient (Wildman–Crippen LogP) is 4.67. The van der Waals surface area contributed by atoms with E-state index in [0.29, 0.717) is 12.1 Å². The van der Waals surface area contributed by atoms with Crippen molar-refractivity contribution in [1.29, 1.82) is 0 Å². The lowest BCUT2D eigenvalue weighted by molar-refractivity contribution is 0.0935. The van der Waals surface area contributed by atoms with Crippen LogP contribution in [-0.4, -0.2) is 25.3 Å². The molecular formula is C17H35NO. The maximum Gasteiger partial charge on any atom is 0.0590 e. The Morgan fingerprint density at radius 3 is 2.42 bits per heavy atom. The number of unbranched alkanes of at least 4 members (excludes halogenated alkanes) is 6. The van der Waals surface area contributed by atoms with Crippen molar-refractivity contribution >= 4 is 0 Å². The lowest BCUT2D eigenvalue weighted by atomic mass is 10.00. The van der Waals surface area contributed by atoms with Gasteiger partial charge >= 0.3 is 0 Å². The minimum atomic E-state index is 0.536. The van der Waals surface area contributed by atoms with E-state index in [1.54, 1.807) is 0 Å². The SMILES string of the molecule is CCCCCCCCCC(CC1CCCO1)NCC. The van der Waals surface area contributed by atoms with Crippen molar-refractivity contribution in [3.63, 3.8) is 0 Å². The lowest BCUT2D eigenvalue weighted by Crippen LogP contribution is -2.32. The molecule has 0 saturated carbocycles. The fraction of sp³-hybridized carbons (Fsp3) is 1.00. The van der Waals surface area contributed by atoms with E-state index < -0.39 is 0 Å². The molecule has 114 valence electrons. The first-order chi connectivity index (χ1) is 9.36. The smallest absolute Gasteiger partial charge is 0.0590 e. The highest BCUT2D eigenvalue weighted by Gasteiger charge is 2.19. The van der Waals surface area contributed by atoms with Gasteiger partial charge in [-0.15, -0.1) is 0 Å². The Balaban J connectivity index is 2.01. The van der Waals surface area contributed by atoms with Crippen molar-refractivity contribution in [1.82, 2.24) is 5.32 Å². The van der Waals surface area contributed by atoms with Crippen LogP contribution in [-0.2, 0) is 4.74 Å². The van der Waals surface area contributed by atoms with Crippen molar-refractivity contribution in [2.75, 3.05) is 13.2 Å². The molecule has 0 aromatic carbocycles. The Kier molecular flexibility index (Phi) is 10.5. The van der Waals surface area contributed by atoms with Gasteiger partial charge in [-0.25, -0.2) is 0 Å². The van der Waals surface area contributed by atoms with Crippen molar-refractivity contribution in [3.05, 3.63) is 0 Å². The zero-order valence-corrected chi connectivity index (χ0v) is 13.3. The summed E-state index contributed by atoms with van der Waals surface area (Å²) < 4.78 is 5.76. The summed E-state index contributed by atoms with van der Waals surface area (Å²) in [5, 5.41) is 3.64. The van der Waals surface area contributed by atoms with Crippen LogP contribution in [0, 0.1) is 0 Å². The van der Waals surface area contributed by atoms with Crippen molar-refractivity contribution in [2.45, 2.75) is 96.6 Å². The molecule has 1 rings (SSSR count). The van der Waals surface area contributed by atoms with Gasteiger partial charge in [0, 0.05) is 12.6 Å². The zero-order chi connectivity index (χ0) is 13.8. The molecule has 1 aliphatic heterocycles. The summed E-state index contributed by atoms with van der Waals surface area (Å²) in [4.78, 5) is 0. The van der Waals surface area contributed by atoms with Crippen molar-refractivity contribution < 1.29 is 4.74 Å². The molecule has 0 bridgehead atoms. The Morgan fingerprint density at radius 2 is 1.79 bits per heavy atom. The Morgan fingerprint density at radius 1 is 1.05 bits per heavy atom. The van der Waals surface area contributed by atoms with Crippen molar-refractivity contribution in [2.24, 2.45) is 0 Å². The number of ether oxygens (including phenoxy) is 1. The van der Waals surface area contributed by atoms with Crippen LogP contribution in [0.5, 0.6) is 0 Å². The molecule has 1 heterocycles. The van der Waals surface area contributed by atoms with E-state index in [0.717, 1.165) is 13.2 Å². The van der Waals surface area contributed by atoms with E-state index >= 15 is 0 Å². The maximum atomic E-state index is 5.76. The summed E-state index contributed by atoms with van der Waals surface area (Å²) in [5.41, 5.74) is 0. The van der Waals surface area contributed by atoms with Gasteiger partial charge in [-0.05, 0) is 32.2 Å². The highest BCUT2D eigenvalue weighted by Crippen LogP contribution is 2.19. The zero-order valence-electron chi connectivity index (χ0n) is 13.3. The van der Waals surface area contributed by atoms with Gasteiger partial charge in [0.1, 0.15) is 0 Å². The summed E-state index contributed by atoms with van der Waals surface area (Å²) in [6.45, 7) is 6.58. The normalized spacial score (nSPS) is 20.8. The van der Waals surface area contributed by atoms with Crippen molar-refractivity contribution in [3.8, 4) is 0 Å². The molecule has 0 radical (unpaired) electrons. The first kappa shape index (κ1) is 17.0. The second-order valence-electron chi connectivity index (χ2n) is 6.04. The van der Waals surface area contributed by atoms with Gasteiger partial charge in [-0.3, -0.25) is 0 Å². The predicted molar refractivity (Wildman–Crippen MR) is 83.7 cm³/mol. The molecule has 0 amide bonds. The second kappa shape index (κ2) is 11.7. The van der Waals surface area contributed by atoms with Gasteiger partial charge in [0.25, 0.3) is 0 Å². The van der Waals surface area contributed by atoms with Gasteiger partial charge in [-0.2, -0.15) is 0 Å². The van der Waals surface area contributed by atoms with E-state index in [1.807, 2.05) is 0 Å². The quantitative estimate of drug-likeness (QED) is 0.520. The molecule has 1 aliphatic rings. The van der Waals surface area contributed by atoms with Gasteiger partial charge in [0.05, 0.1) is 6.10 Å². The molecule has 1 saturated heterocycles.